The van der Waals surface area contributed by atoms with Gasteiger partial charge in [-0.1, -0.05) is 0 Å². The molecule has 0 spiro atoms. The second-order valence-electron chi connectivity index (χ2n) is 6.23. The minimum absolute atomic E-state index is 0.0899. The van der Waals surface area contributed by atoms with E-state index in [0.29, 0.717) is 34.2 Å². The third kappa shape index (κ3) is 3.49. The standard InChI is InChI=1S/C22H21N3O5/c1-27-16-7-5-13(6-8-16)21(26)20-19(24)14(11-23)12-25(20)15-9-17(28-2)22(30-4)18(10-15)29-3/h5-10,12H,24H2,1-4H3. The van der Waals surface area contributed by atoms with Crippen LogP contribution in [0, 0.1) is 11.3 Å². The number of carbonyl (C=O) groups excluding carboxylic acids is 1. The van der Waals surface area contributed by atoms with Gasteiger partial charge in [-0.05, 0) is 24.3 Å². The maximum absolute atomic E-state index is 13.3. The first-order valence-corrected chi connectivity index (χ1v) is 8.89. The van der Waals surface area contributed by atoms with Gasteiger partial charge in [0.15, 0.2) is 11.5 Å². The summed E-state index contributed by atoms with van der Waals surface area (Å²) in [6.45, 7) is 0. The van der Waals surface area contributed by atoms with Crippen molar-refractivity contribution in [3.63, 3.8) is 0 Å². The summed E-state index contributed by atoms with van der Waals surface area (Å²) in [4.78, 5) is 13.3. The molecule has 2 aromatic carbocycles. The Bertz CT molecular complexity index is 1100. The molecule has 0 unspecified atom stereocenters. The Balaban J connectivity index is 2.22. The highest BCUT2D eigenvalue weighted by molar-refractivity contribution is 6.12. The van der Waals surface area contributed by atoms with Crippen LogP contribution >= 0.6 is 0 Å². The van der Waals surface area contributed by atoms with Crippen molar-refractivity contribution in [2.24, 2.45) is 0 Å². The van der Waals surface area contributed by atoms with Crippen LogP contribution in [0.4, 0.5) is 5.69 Å². The normalized spacial score (nSPS) is 10.2. The van der Waals surface area contributed by atoms with Gasteiger partial charge in [0.2, 0.25) is 11.5 Å². The predicted molar refractivity (Wildman–Crippen MR) is 111 cm³/mol. The Hall–Kier alpha value is -4.12. The molecular weight excluding hydrogens is 386 g/mol. The highest BCUT2D eigenvalue weighted by Crippen LogP contribution is 2.40. The first kappa shape index (κ1) is 20.6. The van der Waals surface area contributed by atoms with E-state index in [-0.39, 0.29) is 22.7 Å². The first-order valence-electron chi connectivity index (χ1n) is 8.89. The molecule has 2 N–H and O–H groups in total. The van der Waals surface area contributed by atoms with Crippen molar-refractivity contribution in [3.05, 3.63) is 59.4 Å². The molecule has 0 radical (unpaired) electrons. The Kier molecular flexibility index (Phi) is 5.83. The number of benzene rings is 2. The van der Waals surface area contributed by atoms with Crippen LogP contribution in [0.5, 0.6) is 23.0 Å². The summed E-state index contributed by atoms with van der Waals surface area (Å²) < 4.78 is 22.8. The molecule has 0 aliphatic rings. The third-order valence-corrected chi connectivity index (χ3v) is 4.66. The van der Waals surface area contributed by atoms with Crippen molar-refractivity contribution in [3.8, 4) is 34.8 Å². The molecule has 0 fully saturated rings. The largest absolute Gasteiger partial charge is 0.497 e. The molecule has 8 nitrogen and oxygen atoms in total. The van der Waals surface area contributed by atoms with Gasteiger partial charge in [-0.15, -0.1) is 0 Å². The molecule has 0 bridgehead atoms. The van der Waals surface area contributed by atoms with Crippen LogP contribution in [-0.2, 0) is 0 Å². The number of nitrogens with two attached hydrogens (primary N) is 1. The van der Waals surface area contributed by atoms with Gasteiger partial charge in [-0.3, -0.25) is 4.79 Å². The number of nitrogens with zero attached hydrogens (tertiary/aromatic N) is 2. The van der Waals surface area contributed by atoms with Crippen molar-refractivity contribution in [1.82, 2.24) is 4.57 Å². The van der Waals surface area contributed by atoms with Crippen molar-refractivity contribution >= 4 is 11.5 Å². The smallest absolute Gasteiger partial charge is 0.211 e. The number of nitriles is 1. The Morgan fingerprint density at radius 1 is 0.967 bits per heavy atom. The number of hydrogen-bond donors (Lipinski definition) is 1. The van der Waals surface area contributed by atoms with E-state index in [2.05, 4.69) is 0 Å². The number of anilines is 1. The molecule has 1 heterocycles. The minimum atomic E-state index is -0.342. The van der Waals surface area contributed by atoms with Crippen LogP contribution < -0.4 is 24.7 Å². The number of ether oxygens (including phenoxy) is 4. The zero-order valence-corrected chi connectivity index (χ0v) is 17.1. The van der Waals surface area contributed by atoms with Crippen LogP contribution in [0.1, 0.15) is 21.6 Å². The van der Waals surface area contributed by atoms with Gasteiger partial charge in [0.25, 0.3) is 0 Å². The van der Waals surface area contributed by atoms with E-state index in [9.17, 15) is 10.1 Å². The van der Waals surface area contributed by atoms with Gasteiger partial charge in [-0.25, -0.2) is 0 Å². The van der Waals surface area contributed by atoms with Gasteiger partial charge in [0.05, 0.1) is 45.4 Å². The summed E-state index contributed by atoms with van der Waals surface area (Å²) in [5, 5.41) is 9.47. The molecular formula is C22H21N3O5. The molecule has 0 amide bonds. The molecule has 30 heavy (non-hydrogen) atoms. The molecule has 8 heteroatoms. The number of carbonyl (C=O) groups is 1. The zero-order valence-electron chi connectivity index (χ0n) is 17.1. The second-order valence-corrected chi connectivity index (χ2v) is 6.23. The molecule has 0 aliphatic heterocycles. The number of nitrogen functional groups attached to an aromatic ring is 1. The van der Waals surface area contributed by atoms with Crippen molar-refractivity contribution in [2.75, 3.05) is 34.2 Å². The summed E-state index contributed by atoms with van der Waals surface area (Å²) in [5.41, 5.74) is 7.52. The molecule has 3 rings (SSSR count). The number of ketones is 1. The molecule has 0 saturated heterocycles. The summed E-state index contributed by atoms with van der Waals surface area (Å²) in [6.07, 6.45) is 1.51. The fourth-order valence-corrected chi connectivity index (χ4v) is 3.13. The SMILES string of the molecule is COc1ccc(C(=O)c2c(N)c(C#N)cn2-c2cc(OC)c(OC)c(OC)c2)cc1. The molecule has 154 valence electrons. The monoisotopic (exact) mass is 407 g/mol. The summed E-state index contributed by atoms with van der Waals surface area (Å²) in [6, 6.07) is 12.0. The molecule has 1 aromatic heterocycles. The zero-order chi connectivity index (χ0) is 21.8. The quantitative estimate of drug-likeness (QED) is 0.599. The van der Waals surface area contributed by atoms with Crippen LogP contribution in [0.25, 0.3) is 5.69 Å². The lowest BCUT2D eigenvalue weighted by atomic mass is 10.1. The molecule has 0 saturated carbocycles. The predicted octanol–water partition coefficient (Wildman–Crippen LogP) is 3.20. The van der Waals surface area contributed by atoms with Crippen molar-refractivity contribution < 1.29 is 23.7 Å². The van der Waals surface area contributed by atoms with Crippen LogP contribution in [0.2, 0.25) is 0 Å². The minimum Gasteiger partial charge on any atom is -0.497 e. The van der Waals surface area contributed by atoms with E-state index in [1.54, 1.807) is 48.1 Å². The van der Waals surface area contributed by atoms with E-state index in [1.165, 1.54) is 27.5 Å². The van der Waals surface area contributed by atoms with Gasteiger partial charge in [0.1, 0.15) is 17.5 Å². The van der Waals surface area contributed by atoms with E-state index >= 15 is 0 Å². The Morgan fingerprint density at radius 3 is 2.03 bits per heavy atom. The maximum atomic E-state index is 13.3. The average molecular weight is 407 g/mol. The summed E-state index contributed by atoms with van der Waals surface area (Å²) >= 11 is 0. The Labute approximate surface area is 174 Å². The van der Waals surface area contributed by atoms with E-state index in [4.69, 9.17) is 24.7 Å². The van der Waals surface area contributed by atoms with Crippen molar-refractivity contribution in [1.29, 1.82) is 5.26 Å². The maximum Gasteiger partial charge on any atom is 0.211 e. The van der Waals surface area contributed by atoms with Gasteiger partial charge < -0.3 is 29.2 Å². The lowest BCUT2D eigenvalue weighted by Gasteiger charge is -2.16. The Morgan fingerprint density at radius 2 is 1.57 bits per heavy atom. The van der Waals surface area contributed by atoms with Crippen LogP contribution in [0.3, 0.4) is 0 Å². The van der Waals surface area contributed by atoms with Gasteiger partial charge in [-0.2, -0.15) is 5.26 Å². The van der Waals surface area contributed by atoms with E-state index in [0.717, 1.165) is 0 Å². The fourth-order valence-electron chi connectivity index (χ4n) is 3.13. The average Bonchev–Trinajstić information content (AvgIpc) is 3.13. The van der Waals surface area contributed by atoms with Gasteiger partial charge in [0, 0.05) is 23.9 Å². The number of rotatable bonds is 7. The number of methoxy groups -OCH3 is 4. The van der Waals surface area contributed by atoms with E-state index < -0.39 is 0 Å². The molecule has 3 aromatic rings. The van der Waals surface area contributed by atoms with Crippen LogP contribution in [0.15, 0.2) is 42.6 Å². The molecule has 0 atom stereocenters. The summed E-state index contributed by atoms with van der Waals surface area (Å²) in [7, 11) is 6.04. The highest BCUT2D eigenvalue weighted by atomic mass is 16.5. The van der Waals surface area contributed by atoms with Gasteiger partial charge >= 0.3 is 0 Å². The lowest BCUT2D eigenvalue weighted by molar-refractivity contribution is 0.103. The summed E-state index contributed by atoms with van der Waals surface area (Å²) in [5.74, 6) is 1.50. The first-order chi connectivity index (χ1) is 14.5. The molecule has 0 aliphatic carbocycles. The number of aromatic nitrogens is 1. The van der Waals surface area contributed by atoms with E-state index in [1.807, 2.05) is 6.07 Å². The van der Waals surface area contributed by atoms with Crippen molar-refractivity contribution in [2.45, 2.75) is 0 Å². The topological polar surface area (TPSA) is 109 Å². The highest BCUT2D eigenvalue weighted by Gasteiger charge is 2.24. The number of hydrogen-bond acceptors (Lipinski definition) is 7. The third-order valence-electron chi connectivity index (χ3n) is 4.66. The van der Waals surface area contributed by atoms with Crippen LogP contribution in [-0.4, -0.2) is 38.8 Å². The second kappa shape index (κ2) is 8.49. The fraction of sp³-hybridized carbons (Fsp3) is 0.182. The lowest BCUT2D eigenvalue weighted by Crippen LogP contribution is -2.11.